The topological polar surface area (TPSA) is 38.5 Å². The van der Waals surface area contributed by atoms with Gasteiger partial charge in [-0.2, -0.15) is 0 Å². The molecule has 0 aromatic carbocycles. The molecular formula is C8H18N2O. The first-order valence-corrected chi connectivity index (χ1v) is 4.01. The van der Waals surface area contributed by atoms with Gasteiger partial charge in [0, 0.05) is 31.7 Å². The second kappa shape index (κ2) is 3.09. The Morgan fingerprint density at radius 3 is 2.73 bits per heavy atom. The van der Waals surface area contributed by atoms with E-state index in [2.05, 4.69) is 18.9 Å². The monoisotopic (exact) mass is 158 g/mol. The summed E-state index contributed by atoms with van der Waals surface area (Å²) in [5, 5.41) is 0. The van der Waals surface area contributed by atoms with Crippen LogP contribution in [-0.2, 0) is 4.74 Å². The SMILES string of the molecule is COCC1(C)CN(C)CC1N. The molecule has 1 aliphatic heterocycles. The molecule has 11 heavy (non-hydrogen) atoms. The highest BCUT2D eigenvalue weighted by Crippen LogP contribution is 2.27. The summed E-state index contributed by atoms with van der Waals surface area (Å²) in [6, 6.07) is 0.257. The minimum atomic E-state index is 0.156. The third-order valence-electron chi connectivity index (χ3n) is 2.51. The van der Waals surface area contributed by atoms with Crippen molar-refractivity contribution in [3.05, 3.63) is 0 Å². The van der Waals surface area contributed by atoms with Gasteiger partial charge in [0.25, 0.3) is 0 Å². The molecule has 1 aliphatic rings. The van der Waals surface area contributed by atoms with Crippen molar-refractivity contribution >= 4 is 0 Å². The van der Waals surface area contributed by atoms with Crippen LogP contribution >= 0.6 is 0 Å². The van der Waals surface area contributed by atoms with Crippen molar-refractivity contribution in [1.82, 2.24) is 4.90 Å². The second-order valence-electron chi connectivity index (χ2n) is 3.89. The first-order chi connectivity index (χ1) is 5.08. The normalized spacial score (nSPS) is 39.8. The fourth-order valence-electron chi connectivity index (χ4n) is 1.84. The summed E-state index contributed by atoms with van der Waals surface area (Å²) in [6.45, 7) is 4.98. The van der Waals surface area contributed by atoms with Crippen LogP contribution in [0.25, 0.3) is 0 Å². The van der Waals surface area contributed by atoms with Gasteiger partial charge in [0.15, 0.2) is 0 Å². The fraction of sp³-hybridized carbons (Fsp3) is 1.00. The van der Waals surface area contributed by atoms with Gasteiger partial charge >= 0.3 is 0 Å². The minimum Gasteiger partial charge on any atom is -0.384 e. The van der Waals surface area contributed by atoms with E-state index >= 15 is 0 Å². The van der Waals surface area contributed by atoms with E-state index in [1.165, 1.54) is 0 Å². The Morgan fingerprint density at radius 2 is 2.36 bits per heavy atom. The Balaban J connectivity index is 2.55. The van der Waals surface area contributed by atoms with Gasteiger partial charge in [0.2, 0.25) is 0 Å². The van der Waals surface area contributed by atoms with Crippen molar-refractivity contribution < 1.29 is 4.74 Å². The number of hydrogen-bond donors (Lipinski definition) is 1. The number of nitrogens with two attached hydrogens (primary N) is 1. The number of rotatable bonds is 2. The second-order valence-corrected chi connectivity index (χ2v) is 3.89. The van der Waals surface area contributed by atoms with Gasteiger partial charge in [-0.25, -0.2) is 0 Å². The molecule has 0 aromatic heterocycles. The van der Waals surface area contributed by atoms with Crippen molar-refractivity contribution in [2.24, 2.45) is 11.1 Å². The van der Waals surface area contributed by atoms with Crippen LogP contribution in [0, 0.1) is 5.41 Å². The smallest absolute Gasteiger partial charge is 0.0543 e. The van der Waals surface area contributed by atoms with Crippen LogP contribution in [0.3, 0.4) is 0 Å². The zero-order valence-corrected chi connectivity index (χ0v) is 7.63. The molecule has 2 atom stereocenters. The Labute approximate surface area is 68.5 Å². The number of likely N-dealkylation sites (tertiary alicyclic amines) is 1. The van der Waals surface area contributed by atoms with Crippen molar-refractivity contribution in [3.8, 4) is 0 Å². The summed E-state index contributed by atoms with van der Waals surface area (Å²) >= 11 is 0. The number of ether oxygens (including phenoxy) is 1. The van der Waals surface area contributed by atoms with Crippen LogP contribution in [-0.4, -0.2) is 44.8 Å². The molecule has 1 fully saturated rings. The molecule has 1 saturated heterocycles. The van der Waals surface area contributed by atoms with Crippen LogP contribution < -0.4 is 5.73 Å². The van der Waals surface area contributed by atoms with E-state index in [1.54, 1.807) is 7.11 Å². The summed E-state index contributed by atoms with van der Waals surface area (Å²) in [4.78, 5) is 2.25. The van der Waals surface area contributed by atoms with Crippen molar-refractivity contribution in [2.45, 2.75) is 13.0 Å². The van der Waals surface area contributed by atoms with Crippen LogP contribution in [0.2, 0.25) is 0 Å². The van der Waals surface area contributed by atoms with Gasteiger partial charge in [-0.05, 0) is 7.05 Å². The average Bonchev–Trinajstić information content (AvgIpc) is 2.08. The Bertz CT molecular complexity index is 140. The number of methoxy groups -OCH3 is 1. The molecule has 1 heterocycles. The zero-order valence-electron chi connectivity index (χ0n) is 7.63. The van der Waals surface area contributed by atoms with Crippen molar-refractivity contribution in [2.75, 3.05) is 33.9 Å². The summed E-state index contributed by atoms with van der Waals surface area (Å²) in [6.07, 6.45) is 0. The molecule has 0 radical (unpaired) electrons. The Morgan fingerprint density at radius 1 is 1.73 bits per heavy atom. The lowest BCUT2D eigenvalue weighted by molar-refractivity contribution is 0.0897. The van der Waals surface area contributed by atoms with E-state index in [0.29, 0.717) is 0 Å². The third kappa shape index (κ3) is 1.72. The van der Waals surface area contributed by atoms with Crippen LogP contribution in [0.4, 0.5) is 0 Å². The molecule has 0 aliphatic carbocycles. The van der Waals surface area contributed by atoms with Gasteiger partial charge in [-0.1, -0.05) is 6.92 Å². The molecular weight excluding hydrogens is 140 g/mol. The first kappa shape index (κ1) is 8.97. The van der Waals surface area contributed by atoms with Crippen molar-refractivity contribution in [3.63, 3.8) is 0 Å². The molecule has 2 N–H and O–H groups in total. The maximum Gasteiger partial charge on any atom is 0.0543 e. The highest BCUT2D eigenvalue weighted by atomic mass is 16.5. The van der Waals surface area contributed by atoms with E-state index in [-0.39, 0.29) is 11.5 Å². The van der Waals surface area contributed by atoms with E-state index < -0.39 is 0 Å². The molecule has 0 spiro atoms. The Hall–Kier alpha value is -0.120. The highest BCUT2D eigenvalue weighted by molar-refractivity contribution is 4.95. The average molecular weight is 158 g/mol. The summed E-state index contributed by atoms with van der Waals surface area (Å²) in [5.74, 6) is 0. The molecule has 0 bridgehead atoms. The molecule has 0 amide bonds. The largest absolute Gasteiger partial charge is 0.384 e. The van der Waals surface area contributed by atoms with E-state index in [0.717, 1.165) is 19.7 Å². The standard InChI is InChI=1S/C8H18N2O/c1-8(6-11-3)5-10(2)4-7(8)9/h7H,4-6,9H2,1-3H3. The van der Waals surface area contributed by atoms with Gasteiger partial charge in [0.1, 0.15) is 0 Å². The predicted octanol–water partition coefficient (Wildman–Crippen LogP) is -0.0882. The minimum absolute atomic E-state index is 0.156. The van der Waals surface area contributed by atoms with E-state index in [9.17, 15) is 0 Å². The first-order valence-electron chi connectivity index (χ1n) is 4.01. The molecule has 3 nitrogen and oxygen atoms in total. The molecule has 0 aromatic rings. The molecule has 0 saturated carbocycles. The lowest BCUT2D eigenvalue weighted by atomic mass is 9.87. The zero-order chi connectivity index (χ0) is 8.48. The molecule has 66 valence electrons. The van der Waals surface area contributed by atoms with Gasteiger partial charge in [-0.3, -0.25) is 0 Å². The fourth-order valence-corrected chi connectivity index (χ4v) is 1.84. The lowest BCUT2D eigenvalue weighted by Crippen LogP contribution is -2.41. The summed E-state index contributed by atoms with van der Waals surface area (Å²) in [5.41, 5.74) is 6.12. The van der Waals surface area contributed by atoms with E-state index in [4.69, 9.17) is 10.5 Å². The maximum atomic E-state index is 5.97. The molecule has 3 heteroatoms. The third-order valence-corrected chi connectivity index (χ3v) is 2.51. The highest BCUT2D eigenvalue weighted by Gasteiger charge is 2.39. The van der Waals surface area contributed by atoms with Gasteiger partial charge < -0.3 is 15.4 Å². The number of hydrogen-bond acceptors (Lipinski definition) is 3. The number of likely N-dealkylation sites (N-methyl/N-ethyl adjacent to an activating group) is 1. The summed E-state index contributed by atoms with van der Waals surface area (Å²) < 4.78 is 5.14. The summed E-state index contributed by atoms with van der Waals surface area (Å²) in [7, 11) is 3.83. The van der Waals surface area contributed by atoms with Crippen LogP contribution in [0.15, 0.2) is 0 Å². The van der Waals surface area contributed by atoms with Crippen molar-refractivity contribution in [1.29, 1.82) is 0 Å². The lowest BCUT2D eigenvalue weighted by Gasteiger charge is -2.26. The Kier molecular flexibility index (Phi) is 2.52. The number of nitrogens with zero attached hydrogens (tertiary/aromatic N) is 1. The van der Waals surface area contributed by atoms with Crippen LogP contribution in [0.1, 0.15) is 6.92 Å². The maximum absolute atomic E-state index is 5.97. The molecule has 2 unspecified atom stereocenters. The predicted molar refractivity (Wildman–Crippen MR) is 45.5 cm³/mol. The molecule has 1 rings (SSSR count). The van der Waals surface area contributed by atoms with Crippen LogP contribution in [0.5, 0.6) is 0 Å². The van der Waals surface area contributed by atoms with Gasteiger partial charge in [-0.15, -0.1) is 0 Å². The van der Waals surface area contributed by atoms with E-state index in [1.807, 2.05) is 0 Å². The quantitative estimate of drug-likeness (QED) is 0.610. The van der Waals surface area contributed by atoms with Gasteiger partial charge in [0.05, 0.1) is 6.61 Å².